The van der Waals surface area contributed by atoms with E-state index in [1.807, 2.05) is 0 Å². The number of benzene rings is 1. The van der Waals surface area contributed by atoms with Crippen LogP contribution >= 0.6 is 23.2 Å². The second kappa shape index (κ2) is 4.57. The Labute approximate surface area is 115 Å². The molecule has 0 radical (unpaired) electrons. The van der Waals surface area contributed by atoms with E-state index in [1.54, 1.807) is 19.9 Å². The van der Waals surface area contributed by atoms with Gasteiger partial charge in [0.1, 0.15) is 4.90 Å². The lowest BCUT2D eigenvalue weighted by Crippen LogP contribution is -2.14. The maximum Gasteiger partial charge on any atom is 0.284 e. The Bertz CT molecular complexity index is 708. The molecular weight excluding hydrogens is 295 g/mol. The van der Waals surface area contributed by atoms with Gasteiger partial charge in [-0.15, -0.1) is 0 Å². The summed E-state index contributed by atoms with van der Waals surface area (Å²) < 4.78 is 25.5. The summed E-state index contributed by atoms with van der Waals surface area (Å²) in [6.45, 7) is 3.42. The van der Waals surface area contributed by atoms with E-state index in [9.17, 15) is 8.42 Å². The van der Waals surface area contributed by atoms with Crippen molar-refractivity contribution in [2.45, 2.75) is 18.7 Å². The maximum atomic E-state index is 12.3. The van der Waals surface area contributed by atoms with Crippen molar-refractivity contribution in [3.05, 3.63) is 45.7 Å². The molecule has 18 heavy (non-hydrogen) atoms. The zero-order chi connectivity index (χ0) is 13.5. The van der Waals surface area contributed by atoms with Gasteiger partial charge in [0.05, 0.1) is 10.7 Å². The molecular formula is C11H10Cl2N2O2S. The van der Waals surface area contributed by atoms with Gasteiger partial charge in [0.15, 0.2) is 0 Å². The molecule has 7 heteroatoms. The van der Waals surface area contributed by atoms with E-state index in [1.165, 1.54) is 18.3 Å². The molecule has 0 atom stereocenters. The minimum absolute atomic E-state index is 0.00540. The van der Waals surface area contributed by atoms with Gasteiger partial charge in [-0.2, -0.15) is 17.6 Å². The fraction of sp³-hybridized carbons (Fsp3) is 0.182. The van der Waals surface area contributed by atoms with Crippen molar-refractivity contribution in [1.29, 1.82) is 0 Å². The topological polar surface area (TPSA) is 52.0 Å². The molecule has 2 rings (SSSR count). The summed E-state index contributed by atoms with van der Waals surface area (Å²) in [6.07, 6.45) is 1.38. The van der Waals surface area contributed by atoms with E-state index >= 15 is 0 Å². The summed E-state index contributed by atoms with van der Waals surface area (Å²) in [6, 6.07) is 4.47. The van der Waals surface area contributed by atoms with E-state index in [-0.39, 0.29) is 9.92 Å². The van der Waals surface area contributed by atoms with E-state index in [0.717, 1.165) is 4.09 Å². The Morgan fingerprint density at radius 1 is 1.17 bits per heavy atom. The van der Waals surface area contributed by atoms with Crippen molar-refractivity contribution >= 4 is 33.2 Å². The molecule has 0 saturated carbocycles. The summed E-state index contributed by atoms with van der Waals surface area (Å²) in [7, 11) is -3.77. The van der Waals surface area contributed by atoms with Crippen LogP contribution in [-0.4, -0.2) is 17.6 Å². The minimum Gasteiger partial charge on any atom is -0.199 e. The number of halogens is 2. The maximum absolute atomic E-state index is 12.3. The van der Waals surface area contributed by atoms with Gasteiger partial charge >= 0.3 is 0 Å². The van der Waals surface area contributed by atoms with E-state index in [4.69, 9.17) is 23.2 Å². The molecule has 0 bridgehead atoms. The second-order valence-corrected chi connectivity index (χ2v) is 6.45. The van der Waals surface area contributed by atoms with Crippen LogP contribution in [0.5, 0.6) is 0 Å². The summed E-state index contributed by atoms with van der Waals surface area (Å²) in [5.74, 6) is 0. The summed E-state index contributed by atoms with van der Waals surface area (Å²) >= 11 is 11.8. The highest BCUT2D eigenvalue weighted by molar-refractivity contribution is 7.90. The Morgan fingerprint density at radius 2 is 1.83 bits per heavy atom. The monoisotopic (exact) mass is 304 g/mol. The molecule has 0 unspecified atom stereocenters. The number of rotatable bonds is 2. The van der Waals surface area contributed by atoms with Gasteiger partial charge in [0.25, 0.3) is 10.0 Å². The lowest BCUT2D eigenvalue weighted by molar-refractivity contribution is 0.579. The first-order chi connectivity index (χ1) is 8.32. The van der Waals surface area contributed by atoms with Gasteiger partial charge in [-0.25, -0.2) is 0 Å². The van der Waals surface area contributed by atoms with Crippen LogP contribution in [0.15, 0.2) is 29.3 Å². The van der Waals surface area contributed by atoms with Crippen molar-refractivity contribution in [1.82, 2.24) is 9.19 Å². The van der Waals surface area contributed by atoms with Gasteiger partial charge in [-0.05, 0) is 37.6 Å². The third kappa shape index (κ3) is 2.25. The SMILES string of the molecule is Cc1ccn(S(=O)(=O)c2cc(C)c(Cl)cc2Cl)n1. The fourth-order valence-corrected chi connectivity index (χ4v) is 3.42. The number of aromatic nitrogens is 2. The largest absolute Gasteiger partial charge is 0.284 e. The number of nitrogens with zero attached hydrogens (tertiary/aromatic N) is 2. The molecule has 96 valence electrons. The molecule has 0 aliphatic carbocycles. The van der Waals surface area contributed by atoms with E-state index in [2.05, 4.69) is 5.10 Å². The van der Waals surface area contributed by atoms with Crippen LogP contribution < -0.4 is 0 Å². The van der Waals surface area contributed by atoms with Crippen LogP contribution in [0.3, 0.4) is 0 Å². The van der Waals surface area contributed by atoms with Crippen LogP contribution in [0, 0.1) is 13.8 Å². The molecule has 0 N–H and O–H groups in total. The molecule has 1 aromatic heterocycles. The van der Waals surface area contributed by atoms with Crippen LogP contribution in [-0.2, 0) is 10.0 Å². The van der Waals surface area contributed by atoms with Crippen molar-refractivity contribution in [2.75, 3.05) is 0 Å². The molecule has 0 aliphatic heterocycles. The van der Waals surface area contributed by atoms with Gasteiger partial charge in [0.2, 0.25) is 0 Å². The molecule has 1 heterocycles. The lowest BCUT2D eigenvalue weighted by Gasteiger charge is -2.08. The Balaban J connectivity index is 2.65. The third-order valence-electron chi connectivity index (χ3n) is 2.44. The summed E-state index contributed by atoms with van der Waals surface area (Å²) in [5, 5.41) is 4.40. The highest BCUT2D eigenvalue weighted by Crippen LogP contribution is 2.29. The molecule has 0 fully saturated rings. The van der Waals surface area contributed by atoms with Crippen molar-refractivity contribution < 1.29 is 8.42 Å². The van der Waals surface area contributed by atoms with Gasteiger partial charge in [0, 0.05) is 11.2 Å². The molecule has 0 amide bonds. The summed E-state index contributed by atoms with van der Waals surface area (Å²) in [5.41, 5.74) is 1.25. The normalized spacial score (nSPS) is 11.8. The first-order valence-electron chi connectivity index (χ1n) is 5.06. The van der Waals surface area contributed by atoms with Gasteiger partial charge in [-0.1, -0.05) is 23.2 Å². The first kappa shape index (κ1) is 13.4. The van der Waals surface area contributed by atoms with E-state index < -0.39 is 10.0 Å². The standard InChI is InChI=1S/C11H10Cl2N2O2S/c1-7-5-11(10(13)6-9(7)12)18(16,17)15-4-3-8(2)14-15/h3-6H,1-2H3. The Morgan fingerprint density at radius 3 is 2.39 bits per heavy atom. The third-order valence-corrected chi connectivity index (χ3v) is 4.86. The van der Waals surface area contributed by atoms with Gasteiger partial charge < -0.3 is 0 Å². The second-order valence-electron chi connectivity index (χ2n) is 3.87. The zero-order valence-corrected chi connectivity index (χ0v) is 12.0. The van der Waals surface area contributed by atoms with Crippen LogP contribution in [0.4, 0.5) is 0 Å². The average molecular weight is 305 g/mol. The molecule has 0 spiro atoms. The Hall–Kier alpha value is -1.04. The predicted octanol–water partition coefficient (Wildman–Crippen LogP) is 3.04. The quantitative estimate of drug-likeness (QED) is 0.857. The fourth-order valence-electron chi connectivity index (χ4n) is 1.46. The minimum atomic E-state index is -3.77. The van der Waals surface area contributed by atoms with Crippen molar-refractivity contribution in [3.63, 3.8) is 0 Å². The average Bonchev–Trinajstić information content (AvgIpc) is 2.70. The van der Waals surface area contributed by atoms with Crippen LogP contribution in [0.1, 0.15) is 11.3 Å². The molecule has 0 aliphatic rings. The Kier molecular flexibility index (Phi) is 3.40. The van der Waals surface area contributed by atoms with E-state index in [0.29, 0.717) is 16.3 Å². The predicted molar refractivity (Wildman–Crippen MR) is 70.7 cm³/mol. The highest BCUT2D eigenvalue weighted by Gasteiger charge is 2.22. The number of hydrogen-bond acceptors (Lipinski definition) is 3. The molecule has 1 aromatic carbocycles. The van der Waals surface area contributed by atoms with Gasteiger partial charge in [-0.3, -0.25) is 0 Å². The molecule has 2 aromatic rings. The summed E-state index contributed by atoms with van der Waals surface area (Å²) in [4.78, 5) is -0.00540. The highest BCUT2D eigenvalue weighted by atomic mass is 35.5. The number of aryl methyl sites for hydroxylation is 2. The molecule has 4 nitrogen and oxygen atoms in total. The number of hydrogen-bond donors (Lipinski definition) is 0. The van der Waals surface area contributed by atoms with Crippen molar-refractivity contribution in [3.8, 4) is 0 Å². The smallest absolute Gasteiger partial charge is 0.199 e. The van der Waals surface area contributed by atoms with Crippen molar-refractivity contribution in [2.24, 2.45) is 0 Å². The van der Waals surface area contributed by atoms with Crippen LogP contribution in [0.2, 0.25) is 10.0 Å². The first-order valence-corrected chi connectivity index (χ1v) is 7.25. The zero-order valence-electron chi connectivity index (χ0n) is 9.68. The van der Waals surface area contributed by atoms with Crippen LogP contribution in [0.25, 0.3) is 0 Å². The molecule has 0 saturated heterocycles. The lowest BCUT2D eigenvalue weighted by atomic mass is 10.2.